The van der Waals surface area contributed by atoms with Gasteiger partial charge in [0.05, 0.1) is 16.8 Å². The second-order valence-electron chi connectivity index (χ2n) is 3.17. The van der Waals surface area contributed by atoms with Crippen molar-refractivity contribution in [1.82, 2.24) is 15.3 Å². The summed E-state index contributed by atoms with van der Waals surface area (Å²) in [6, 6.07) is 4.41. The van der Waals surface area contributed by atoms with Crippen LogP contribution in [-0.2, 0) is 0 Å². The van der Waals surface area contributed by atoms with E-state index in [4.69, 9.17) is 0 Å². The molecule has 4 heteroatoms. The maximum absolute atomic E-state index is 4.34. The molecule has 0 spiro atoms. The van der Waals surface area contributed by atoms with Crippen molar-refractivity contribution in [3.05, 3.63) is 29.4 Å². The largest absolute Gasteiger partial charge is 0.340 e. The van der Waals surface area contributed by atoms with Gasteiger partial charge in [0.1, 0.15) is 5.82 Å². The molecule has 0 aliphatic rings. The Morgan fingerprint density at radius 2 is 2.43 bits per heavy atom. The number of nitrogens with zero attached hydrogens (tertiary/aromatic N) is 1. The number of nitrogens with one attached hydrogen (secondary N) is 2. The van der Waals surface area contributed by atoms with Gasteiger partial charge in [-0.2, -0.15) is 0 Å². The first kappa shape index (κ1) is 9.43. The first-order valence-electron chi connectivity index (χ1n) is 4.57. The number of aromatic nitrogens is 2. The molecular weight excluding hydrogens is 194 g/mol. The van der Waals surface area contributed by atoms with E-state index in [0.717, 1.165) is 11.5 Å². The maximum Gasteiger partial charge on any atom is 0.147 e. The first-order chi connectivity index (χ1) is 6.81. The van der Waals surface area contributed by atoms with Gasteiger partial charge in [-0.1, -0.05) is 6.07 Å². The van der Waals surface area contributed by atoms with E-state index in [1.165, 1.54) is 4.88 Å². The topological polar surface area (TPSA) is 40.7 Å². The number of hydrogen-bond donors (Lipinski definition) is 2. The Hall–Kier alpha value is -1.13. The second-order valence-corrected chi connectivity index (χ2v) is 4.12. The summed E-state index contributed by atoms with van der Waals surface area (Å²) in [5.74, 6) is 0.956. The van der Waals surface area contributed by atoms with Crippen molar-refractivity contribution in [3.8, 4) is 10.7 Å². The average Bonchev–Trinajstić information content (AvgIpc) is 2.86. The molecule has 0 bridgehead atoms. The van der Waals surface area contributed by atoms with Crippen molar-refractivity contribution in [3.63, 3.8) is 0 Å². The SMILES string of the molecule is CNC(C)c1cnc(-c2cccs2)[nH]1. The Labute approximate surface area is 87.2 Å². The molecule has 0 aliphatic heterocycles. The molecule has 2 aromatic rings. The molecule has 1 atom stereocenters. The van der Waals surface area contributed by atoms with E-state index in [2.05, 4.69) is 33.7 Å². The van der Waals surface area contributed by atoms with Crippen LogP contribution in [0, 0.1) is 0 Å². The molecule has 3 nitrogen and oxygen atoms in total. The molecule has 0 aliphatic carbocycles. The van der Waals surface area contributed by atoms with Gasteiger partial charge >= 0.3 is 0 Å². The molecule has 0 saturated heterocycles. The Bertz CT molecular complexity index is 391. The highest BCUT2D eigenvalue weighted by Gasteiger charge is 2.08. The van der Waals surface area contributed by atoms with Gasteiger partial charge in [0.15, 0.2) is 0 Å². The van der Waals surface area contributed by atoms with Crippen molar-refractivity contribution >= 4 is 11.3 Å². The third kappa shape index (κ3) is 1.71. The normalized spacial score (nSPS) is 13.0. The lowest BCUT2D eigenvalue weighted by atomic mass is 10.3. The Balaban J connectivity index is 2.26. The number of H-pyrrole nitrogens is 1. The predicted octanol–water partition coefficient (Wildman–Crippen LogP) is 2.42. The van der Waals surface area contributed by atoms with Gasteiger partial charge in [-0.05, 0) is 25.4 Å². The molecule has 0 amide bonds. The summed E-state index contributed by atoms with van der Waals surface area (Å²) < 4.78 is 0. The highest BCUT2D eigenvalue weighted by molar-refractivity contribution is 7.13. The van der Waals surface area contributed by atoms with Gasteiger partial charge in [0.25, 0.3) is 0 Å². The summed E-state index contributed by atoms with van der Waals surface area (Å²) in [7, 11) is 1.94. The molecular formula is C10H13N3S. The summed E-state index contributed by atoms with van der Waals surface area (Å²) in [4.78, 5) is 8.83. The third-order valence-electron chi connectivity index (χ3n) is 2.25. The zero-order valence-corrected chi connectivity index (χ0v) is 9.06. The summed E-state index contributed by atoms with van der Waals surface area (Å²) >= 11 is 1.69. The molecule has 1 unspecified atom stereocenters. The smallest absolute Gasteiger partial charge is 0.147 e. The van der Waals surface area contributed by atoms with Gasteiger partial charge < -0.3 is 10.3 Å². The van der Waals surface area contributed by atoms with E-state index >= 15 is 0 Å². The summed E-state index contributed by atoms with van der Waals surface area (Å²) in [5, 5.41) is 5.23. The minimum Gasteiger partial charge on any atom is -0.340 e. The summed E-state index contributed by atoms with van der Waals surface area (Å²) in [6.45, 7) is 2.10. The minimum absolute atomic E-state index is 0.316. The van der Waals surface area contributed by atoms with Crippen LogP contribution in [0.2, 0.25) is 0 Å². The van der Waals surface area contributed by atoms with E-state index in [1.807, 2.05) is 19.3 Å². The molecule has 0 saturated carbocycles. The fourth-order valence-electron chi connectivity index (χ4n) is 1.25. The molecule has 14 heavy (non-hydrogen) atoms. The van der Waals surface area contributed by atoms with Crippen LogP contribution >= 0.6 is 11.3 Å². The second kappa shape index (κ2) is 3.94. The Morgan fingerprint density at radius 3 is 3.07 bits per heavy atom. The lowest BCUT2D eigenvalue weighted by Crippen LogP contribution is -2.12. The Kier molecular flexibility index (Phi) is 2.65. The van der Waals surface area contributed by atoms with Crippen LogP contribution in [0.25, 0.3) is 10.7 Å². The zero-order valence-electron chi connectivity index (χ0n) is 8.24. The van der Waals surface area contributed by atoms with Gasteiger partial charge in [-0.25, -0.2) is 4.98 Å². The standard InChI is InChI=1S/C10H13N3S/c1-7(11-2)8-6-12-10(13-8)9-4-3-5-14-9/h3-7,11H,1-2H3,(H,12,13). The molecule has 2 rings (SSSR count). The third-order valence-corrected chi connectivity index (χ3v) is 3.13. The maximum atomic E-state index is 4.34. The minimum atomic E-state index is 0.316. The van der Waals surface area contributed by atoms with Crippen LogP contribution in [0.3, 0.4) is 0 Å². The zero-order chi connectivity index (χ0) is 9.97. The van der Waals surface area contributed by atoms with E-state index in [9.17, 15) is 0 Å². The summed E-state index contributed by atoms with van der Waals surface area (Å²) in [5.41, 5.74) is 1.12. The number of hydrogen-bond acceptors (Lipinski definition) is 3. The number of imidazole rings is 1. The first-order valence-corrected chi connectivity index (χ1v) is 5.45. The van der Waals surface area contributed by atoms with E-state index in [0.29, 0.717) is 6.04 Å². The lowest BCUT2D eigenvalue weighted by molar-refractivity contribution is 0.637. The molecule has 2 heterocycles. The highest BCUT2D eigenvalue weighted by Crippen LogP contribution is 2.22. The van der Waals surface area contributed by atoms with Crippen LogP contribution in [0.5, 0.6) is 0 Å². The molecule has 2 N–H and O–H groups in total. The Morgan fingerprint density at radius 1 is 1.57 bits per heavy atom. The predicted molar refractivity (Wildman–Crippen MR) is 59.4 cm³/mol. The number of aromatic amines is 1. The van der Waals surface area contributed by atoms with Gasteiger partial charge in [0.2, 0.25) is 0 Å². The monoisotopic (exact) mass is 207 g/mol. The van der Waals surface area contributed by atoms with Crippen LogP contribution in [0.1, 0.15) is 18.7 Å². The molecule has 0 radical (unpaired) electrons. The molecule has 2 aromatic heterocycles. The van der Waals surface area contributed by atoms with Crippen molar-refractivity contribution in [2.45, 2.75) is 13.0 Å². The van der Waals surface area contributed by atoms with Crippen molar-refractivity contribution in [2.24, 2.45) is 0 Å². The number of rotatable bonds is 3. The van der Waals surface area contributed by atoms with E-state index in [1.54, 1.807) is 11.3 Å². The van der Waals surface area contributed by atoms with Gasteiger partial charge in [-0.15, -0.1) is 11.3 Å². The highest BCUT2D eigenvalue weighted by atomic mass is 32.1. The fraction of sp³-hybridized carbons (Fsp3) is 0.300. The number of thiophene rings is 1. The average molecular weight is 207 g/mol. The molecule has 0 aromatic carbocycles. The van der Waals surface area contributed by atoms with Crippen molar-refractivity contribution < 1.29 is 0 Å². The van der Waals surface area contributed by atoms with Crippen LogP contribution in [-0.4, -0.2) is 17.0 Å². The van der Waals surface area contributed by atoms with Crippen LogP contribution in [0.15, 0.2) is 23.7 Å². The molecule has 74 valence electrons. The fourth-order valence-corrected chi connectivity index (χ4v) is 1.93. The van der Waals surface area contributed by atoms with Crippen molar-refractivity contribution in [1.29, 1.82) is 0 Å². The summed E-state index contributed by atoms with van der Waals surface area (Å²) in [6.07, 6.45) is 1.89. The van der Waals surface area contributed by atoms with Gasteiger partial charge in [-0.3, -0.25) is 0 Å². The molecule has 0 fully saturated rings. The van der Waals surface area contributed by atoms with E-state index in [-0.39, 0.29) is 0 Å². The van der Waals surface area contributed by atoms with Crippen LogP contribution < -0.4 is 5.32 Å². The van der Waals surface area contributed by atoms with Gasteiger partial charge in [0, 0.05) is 6.04 Å². The van der Waals surface area contributed by atoms with E-state index < -0.39 is 0 Å². The lowest BCUT2D eigenvalue weighted by Gasteiger charge is -2.05. The van der Waals surface area contributed by atoms with Crippen LogP contribution in [0.4, 0.5) is 0 Å². The van der Waals surface area contributed by atoms with Crippen molar-refractivity contribution in [2.75, 3.05) is 7.05 Å². The quantitative estimate of drug-likeness (QED) is 0.811.